The van der Waals surface area contributed by atoms with Crippen LogP contribution in [-0.2, 0) is 4.79 Å². The molecule has 2 radical (unpaired) electrons. The fraction of sp³-hybridized carbons (Fsp3) is 0.269. The van der Waals surface area contributed by atoms with Crippen molar-refractivity contribution in [2.75, 3.05) is 0 Å². The predicted molar refractivity (Wildman–Crippen MR) is 135 cm³/mol. The molecule has 2 nitrogen and oxygen atoms in total. The van der Waals surface area contributed by atoms with Crippen molar-refractivity contribution >= 4 is 53.7 Å². The van der Waals surface area contributed by atoms with Gasteiger partial charge in [0.2, 0.25) is 0 Å². The summed E-state index contributed by atoms with van der Waals surface area (Å²) in [5.74, 6) is -0.670. The van der Waals surface area contributed by atoms with Gasteiger partial charge in [-0.3, -0.25) is 4.79 Å². The second-order valence-corrected chi connectivity index (χ2v) is 9.12. The van der Waals surface area contributed by atoms with Crippen molar-refractivity contribution in [1.29, 1.82) is 0 Å². The smallest absolute Gasteiger partial charge is 0.0134 e. The molecule has 0 aliphatic rings. The Morgan fingerprint density at radius 1 is 0.667 bits per heavy atom. The van der Waals surface area contributed by atoms with Crippen molar-refractivity contribution in [1.82, 2.24) is 0 Å². The van der Waals surface area contributed by atoms with E-state index in [1.807, 2.05) is 0 Å². The largest absolute Gasteiger partial charge is 0.0622 e. The van der Waals surface area contributed by atoms with E-state index in [2.05, 4.69) is 97.9 Å². The molecule has 0 saturated carbocycles. The molecule has 0 aliphatic heterocycles. The Bertz CT molecular complexity index is 716. The first kappa shape index (κ1) is 26.4. The molecule has 0 amide bonds. The number of hydrogen-bond donors (Lipinski definition) is 1. The van der Waals surface area contributed by atoms with E-state index in [0.29, 0.717) is 6.42 Å². The molecule has 3 aromatic carbocycles. The fourth-order valence-corrected chi connectivity index (χ4v) is 5.36. The van der Waals surface area contributed by atoms with Crippen molar-refractivity contribution < 1.29 is 9.90 Å². The maximum Gasteiger partial charge on any atom is -0.0134 e. The van der Waals surface area contributed by atoms with Gasteiger partial charge < -0.3 is 5.11 Å². The molecule has 0 unspecified atom stereocenters. The molecule has 4 heteroatoms. The number of aliphatic carboxylic acids is 1. The van der Waals surface area contributed by atoms with Crippen molar-refractivity contribution in [2.45, 2.75) is 45.4 Å². The van der Waals surface area contributed by atoms with Crippen LogP contribution in [-0.4, -0.2) is 35.0 Å². The average molecular weight is 527 g/mol. The molecule has 0 spiro atoms. The summed E-state index contributed by atoms with van der Waals surface area (Å²) in [6, 6.07) is 32.3. The minimum atomic E-state index is -0.670. The van der Waals surface area contributed by atoms with Gasteiger partial charge in [0.15, 0.2) is 0 Å². The second kappa shape index (κ2) is 16.1. The molecular formula is C26H33O2PSn. The number of rotatable bonds is 9. The van der Waals surface area contributed by atoms with Crippen molar-refractivity contribution in [3.05, 3.63) is 91.0 Å². The summed E-state index contributed by atoms with van der Waals surface area (Å²) in [4.78, 5) is 10.0. The summed E-state index contributed by atoms with van der Waals surface area (Å²) in [6.07, 6.45) is 5.88. The number of carboxylic acid groups (broad SMARTS) is 1. The van der Waals surface area contributed by atoms with E-state index in [1.165, 1.54) is 35.2 Å². The van der Waals surface area contributed by atoms with Gasteiger partial charge in [-0.05, 0) is 30.3 Å². The van der Waals surface area contributed by atoms with Gasteiger partial charge >= 0.3 is 29.9 Å². The van der Waals surface area contributed by atoms with Crippen molar-refractivity contribution in [2.24, 2.45) is 0 Å². The zero-order valence-corrected chi connectivity index (χ0v) is 22.8. The summed E-state index contributed by atoms with van der Waals surface area (Å²) in [5, 5.41) is 12.5. The first-order valence-corrected chi connectivity index (χ1v) is 11.7. The monoisotopic (exact) mass is 528 g/mol. The topological polar surface area (TPSA) is 37.3 Å². The van der Waals surface area contributed by atoms with Crippen LogP contribution in [0.3, 0.4) is 0 Å². The van der Waals surface area contributed by atoms with Gasteiger partial charge in [-0.2, -0.15) is 0 Å². The molecule has 0 aromatic heterocycles. The Labute approximate surface area is 199 Å². The zero-order valence-electron chi connectivity index (χ0n) is 17.9. The maximum atomic E-state index is 10.0. The Morgan fingerprint density at radius 2 is 1.03 bits per heavy atom. The molecule has 0 heterocycles. The van der Waals surface area contributed by atoms with E-state index in [-0.39, 0.29) is 23.9 Å². The maximum absolute atomic E-state index is 10.0. The normalized spacial score (nSPS) is 9.93. The van der Waals surface area contributed by atoms with E-state index < -0.39 is 13.9 Å². The van der Waals surface area contributed by atoms with E-state index in [9.17, 15) is 4.79 Å². The van der Waals surface area contributed by atoms with Gasteiger partial charge in [-0.15, -0.1) is 0 Å². The van der Waals surface area contributed by atoms with Gasteiger partial charge in [0, 0.05) is 6.42 Å². The van der Waals surface area contributed by atoms with Crippen LogP contribution in [0, 0.1) is 0 Å². The SMILES string of the molecule is CCCCCCCC(=O)O.[SnH2].c1ccc(P(c2ccccc2)c2ccccc2)cc1. The summed E-state index contributed by atoms with van der Waals surface area (Å²) in [5.41, 5.74) is 0. The van der Waals surface area contributed by atoms with Crippen LogP contribution in [0.1, 0.15) is 45.4 Å². The number of unbranched alkanes of at least 4 members (excludes halogenated alkanes) is 4. The Morgan fingerprint density at radius 3 is 1.37 bits per heavy atom. The summed E-state index contributed by atoms with van der Waals surface area (Å²) in [7, 11) is -0.446. The van der Waals surface area contributed by atoms with Crippen LogP contribution in [0.2, 0.25) is 0 Å². The first-order chi connectivity index (χ1) is 14.2. The average Bonchev–Trinajstić information content (AvgIpc) is 2.76. The minimum Gasteiger partial charge on any atom is -0.0622 e. The van der Waals surface area contributed by atoms with Crippen LogP contribution in [0.25, 0.3) is 0 Å². The quantitative estimate of drug-likeness (QED) is 0.243. The standard InChI is InChI=1S/C18H15P.C8H16O2.Sn.2H/c1-4-10-16(11-5-1)19(17-12-6-2-7-13-17)18-14-8-3-9-15-18;1-2-3-4-5-6-7-8(9)10;;;/h1-15H;2-7H2,1H3,(H,9,10);;;. The van der Waals surface area contributed by atoms with Crippen LogP contribution < -0.4 is 15.9 Å². The number of carboxylic acids is 1. The molecular weight excluding hydrogens is 494 g/mol. The molecule has 30 heavy (non-hydrogen) atoms. The molecule has 0 saturated heterocycles. The summed E-state index contributed by atoms with van der Waals surface area (Å²) >= 11 is 0. The Balaban J connectivity index is 0.000000354. The summed E-state index contributed by atoms with van der Waals surface area (Å²) < 4.78 is 0. The molecule has 3 aromatic rings. The Hall–Kier alpha value is -1.64. The van der Waals surface area contributed by atoms with Gasteiger partial charge in [-0.1, -0.05) is 124 Å². The molecule has 0 aliphatic carbocycles. The fourth-order valence-electron chi connectivity index (χ4n) is 3.06. The van der Waals surface area contributed by atoms with Crippen molar-refractivity contribution in [3.63, 3.8) is 0 Å². The third-order valence-corrected chi connectivity index (χ3v) is 6.98. The number of hydrogen-bond acceptors (Lipinski definition) is 1. The van der Waals surface area contributed by atoms with E-state index >= 15 is 0 Å². The molecule has 158 valence electrons. The van der Waals surface area contributed by atoms with E-state index in [0.717, 1.165) is 12.8 Å². The van der Waals surface area contributed by atoms with Gasteiger partial charge in [0.25, 0.3) is 0 Å². The summed E-state index contributed by atoms with van der Waals surface area (Å²) in [6.45, 7) is 2.15. The molecule has 0 bridgehead atoms. The van der Waals surface area contributed by atoms with Gasteiger partial charge in [0.05, 0.1) is 0 Å². The molecule has 3 rings (SSSR count). The number of benzene rings is 3. The Kier molecular flexibility index (Phi) is 14.2. The zero-order chi connectivity index (χ0) is 20.7. The van der Waals surface area contributed by atoms with Crippen LogP contribution in [0.5, 0.6) is 0 Å². The van der Waals surface area contributed by atoms with Crippen LogP contribution in [0.15, 0.2) is 91.0 Å². The second-order valence-electron chi connectivity index (χ2n) is 6.90. The molecule has 0 atom stereocenters. The first-order valence-electron chi connectivity index (χ1n) is 10.4. The molecule has 1 N–H and O–H groups in total. The number of carbonyl (C=O) groups is 1. The van der Waals surface area contributed by atoms with Gasteiger partial charge in [0.1, 0.15) is 0 Å². The molecule has 0 fully saturated rings. The third-order valence-electron chi connectivity index (χ3n) is 4.54. The minimum absolute atomic E-state index is 0. The van der Waals surface area contributed by atoms with Gasteiger partial charge in [-0.25, -0.2) is 0 Å². The van der Waals surface area contributed by atoms with Crippen molar-refractivity contribution in [3.8, 4) is 0 Å². The van der Waals surface area contributed by atoms with E-state index in [1.54, 1.807) is 0 Å². The predicted octanol–water partition coefficient (Wildman–Crippen LogP) is 4.96. The van der Waals surface area contributed by atoms with Crippen LogP contribution >= 0.6 is 7.92 Å². The third kappa shape index (κ3) is 9.91. The van der Waals surface area contributed by atoms with E-state index in [4.69, 9.17) is 5.11 Å². The van der Waals surface area contributed by atoms with Crippen LogP contribution in [0.4, 0.5) is 0 Å².